The summed E-state index contributed by atoms with van der Waals surface area (Å²) in [4.78, 5) is 4.34. The van der Waals surface area contributed by atoms with Gasteiger partial charge in [0.1, 0.15) is 5.01 Å². The van der Waals surface area contributed by atoms with Crippen LogP contribution in [0.1, 0.15) is 37.5 Å². The quantitative estimate of drug-likeness (QED) is 0.704. The molecule has 0 aromatic carbocycles. The van der Waals surface area contributed by atoms with Crippen molar-refractivity contribution in [1.82, 2.24) is 9.36 Å². The normalized spacial score (nSPS) is 14.4. The molecular formula is C11H16N2S. The van der Waals surface area contributed by atoms with Crippen LogP contribution in [0.5, 0.6) is 0 Å². The molecule has 0 N–H and O–H groups in total. The van der Waals surface area contributed by atoms with Gasteiger partial charge in [-0.15, -0.1) is 0 Å². The summed E-state index contributed by atoms with van der Waals surface area (Å²) in [5.74, 6) is 0.918. The molecule has 14 heavy (non-hydrogen) atoms. The Morgan fingerprint density at radius 2 is 2.14 bits per heavy atom. The van der Waals surface area contributed by atoms with Gasteiger partial charge in [-0.05, 0) is 36.9 Å². The lowest BCUT2D eigenvalue weighted by Crippen LogP contribution is -1.89. The molecule has 2 nitrogen and oxygen atoms in total. The summed E-state index contributed by atoms with van der Waals surface area (Å²) < 4.78 is 4.27. The van der Waals surface area contributed by atoms with Gasteiger partial charge in [-0.25, -0.2) is 4.98 Å². The molecule has 1 heterocycles. The van der Waals surface area contributed by atoms with Crippen LogP contribution in [0.25, 0.3) is 5.57 Å². The van der Waals surface area contributed by atoms with Crippen molar-refractivity contribution in [2.24, 2.45) is 0 Å². The first-order chi connectivity index (χ1) is 6.86. The SMILES string of the molecule is CC.Cc1nc(C2=CC=CCC2)ns1. The van der Waals surface area contributed by atoms with Gasteiger partial charge in [0.15, 0.2) is 5.82 Å². The molecule has 1 aromatic rings. The van der Waals surface area contributed by atoms with Gasteiger partial charge in [-0.1, -0.05) is 32.1 Å². The molecule has 1 aromatic heterocycles. The van der Waals surface area contributed by atoms with Crippen molar-refractivity contribution in [3.8, 4) is 0 Å². The van der Waals surface area contributed by atoms with E-state index in [1.54, 1.807) is 0 Å². The van der Waals surface area contributed by atoms with E-state index in [9.17, 15) is 0 Å². The summed E-state index contributed by atoms with van der Waals surface area (Å²) in [7, 11) is 0. The molecule has 2 rings (SSSR count). The summed E-state index contributed by atoms with van der Waals surface area (Å²) in [6.45, 7) is 5.99. The van der Waals surface area contributed by atoms with E-state index in [1.807, 2.05) is 20.8 Å². The molecule has 0 aliphatic heterocycles. The van der Waals surface area contributed by atoms with Crippen LogP contribution in [-0.2, 0) is 0 Å². The van der Waals surface area contributed by atoms with Crippen molar-refractivity contribution in [1.29, 1.82) is 0 Å². The molecule has 0 fully saturated rings. The van der Waals surface area contributed by atoms with Gasteiger partial charge in [-0.2, -0.15) is 4.37 Å². The lowest BCUT2D eigenvalue weighted by molar-refractivity contribution is 1.02. The van der Waals surface area contributed by atoms with Crippen LogP contribution >= 0.6 is 11.5 Å². The molecular weight excluding hydrogens is 192 g/mol. The van der Waals surface area contributed by atoms with E-state index in [1.165, 1.54) is 17.1 Å². The van der Waals surface area contributed by atoms with E-state index in [-0.39, 0.29) is 0 Å². The van der Waals surface area contributed by atoms with Crippen molar-refractivity contribution >= 4 is 17.1 Å². The predicted molar refractivity (Wildman–Crippen MR) is 62.3 cm³/mol. The Kier molecular flexibility index (Phi) is 4.53. The standard InChI is InChI=1S/C9H10N2S.C2H6/c1-7-10-9(11-12-7)8-5-3-2-4-6-8;1-2/h2-3,5H,4,6H2,1H3;1-2H3. The van der Waals surface area contributed by atoms with E-state index in [4.69, 9.17) is 0 Å². The first-order valence-electron chi connectivity index (χ1n) is 5.02. The number of hydrogen-bond donors (Lipinski definition) is 0. The maximum atomic E-state index is 4.34. The molecule has 0 spiro atoms. The van der Waals surface area contributed by atoms with Crippen molar-refractivity contribution in [2.75, 3.05) is 0 Å². The summed E-state index contributed by atoms with van der Waals surface area (Å²) >= 11 is 1.47. The smallest absolute Gasteiger partial charge is 0.168 e. The minimum Gasteiger partial charge on any atom is -0.220 e. The molecule has 0 saturated carbocycles. The molecule has 0 bridgehead atoms. The number of aryl methyl sites for hydroxylation is 1. The molecule has 1 aliphatic carbocycles. The Balaban J connectivity index is 0.000000461. The summed E-state index contributed by atoms with van der Waals surface area (Å²) in [6, 6.07) is 0. The van der Waals surface area contributed by atoms with Crippen LogP contribution < -0.4 is 0 Å². The second-order valence-corrected chi connectivity index (χ2v) is 3.75. The van der Waals surface area contributed by atoms with E-state index >= 15 is 0 Å². The Labute approximate surface area is 89.6 Å². The molecule has 0 saturated heterocycles. The lowest BCUT2D eigenvalue weighted by atomic mass is 10.1. The molecule has 76 valence electrons. The van der Waals surface area contributed by atoms with Gasteiger partial charge in [0, 0.05) is 0 Å². The second kappa shape index (κ2) is 5.70. The fourth-order valence-corrected chi connectivity index (χ4v) is 1.72. The van der Waals surface area contributed by atoms with Crippen molar-refractivity contribution in [2.45, 2.75) is 33.6 Å². The predicted octanol–water partition coefficient (Wildman–Crippen LogP) is 3.61. The zero-order valence-corrected chi connectivity index (χ0v) is 9.77. The summed E-state index contributed by atoms with van der Waals surface area (Å²) in [5.41, 5.74) is 1.27. The van der Waals surface area contributed by atoms with Crippen LogP contribution in [-0.4, -0.2) is 9.36 Å². The van der Waals surface area contributed by atoms with Gasteiger partial charge in [-0.3, -0.25) is 0 Å². The van der Waals surface area contributed by atoms with Gasteiger partial charge in [0.05, 0.1) is 0 Å². The fourth-order valence-electron chi connectivity index (χ4n) is 1.22. The van der Waals surface area contributed by atoms with E-state index in [0.717, 1.165) is 23.7 Å². The Hall–Kier alpha value is -0.960. The first-order valence-corrected chi connectivity index (χ1v) is 5.80. The average molecular weight is 208 g/mol. The number of nitrogens with zero attached hydrogens (tertiary/aromatic N) is 2. The Morgan fingerprint density at radius 3 is 2.64 bits per heavy atom. The van der Waals surface area contributed by atoms with Gasteiger partial charge in [0.25, 0.3) is 0 Å². The molecule has 0 atom stereocenters. The zero-order valence-electron chi connectivity index (χ0n) is 8.95. The van der Waals surface area contributed by atoms with Crippen molar-refractivity contribution < 1.29 is 0 Å². The first kappa shape index (κ1) is 11.1. The van der Waals surface area contributed by atoms with Crippen molar-refractivity contribution in [3.05, 3.63) is 29.1 Å². The highest BCUT2D eigenvalue weighted by atomic mass is 32.1. The minimum absolute atomic E-state index is 0.918. The van der Waals surface area contributed by atoms with E-state index in [2.05, 4.69) is 27.6 Å². The maximum absolute atomic E-state index is 4.34. The second-order valence-electron chi connectivity index (χ2n) is 2.80. The highest BCUT2D eigenvalue weighted by molar-refractivity contribution is 7.05. The molecule has 3 heteroatoms. The third-order valence-electron chi connectivity index (χ3n) is 1.83. The van der Waals surface area contributed by atoms with Crippen LogP contribution in [0, 0.1) is 6.92 Å². The number of aromatic nitrogens is 2. The van der Waals surface area contributed by atoms with Crippen LogP contribution in [0.2, 0.25) is 0 Å². The third-order valence-corrected chi connectivity index (χ3v) is 2.45. The van der Waals surface area contributed by atoms with E-state index < -0.39 is 0 Å². The Bertz CT molecular complexity index is 337. The van der Waals surface area contributed by atoms with E-state index in [0.29, 0.717) is 0 Å². The topological polar surface area (TPSA) is 25.8 Å². The van der Waals surface area contributed by atoms with Crippen molar-refractivity contribution in [3.63, 3.8) is 0 Å². The average Bonchev–Trinajstić information content (AvgIpc) is 2.69. The van der Waals surface area contributed by atoms with Gasteiger partial charge in [0.2, 0.25) is 0 Å². The van der Waals surface area contributed by atoms with Crippen LogP contribution in [0.15, 0.2) is 18.2 Å². The zero-order chi connectivity index (χ0) is 10.4. The fraction of sp³-hybridized carbons (Fsp3) is 0.455. The Morgan fingerprint density at radius 1 is 1.36 bits per heavy atom. The maximum Gasteiger partial charge on any atom is 0.168 e. The van der Waals surface area contributed by atoms with Crippen LogP contribution in [0.4, 0.5) is 0 Å². The molecule has 0 radical (unpaired) electrons. The summed E-state index contributed by atoms with van der Waals surface area (Å²) in [5, 5.41) is 1.04. The number of rotatable bonds is 1. The molecule has 0 amide bonds. The minimum atomic E-state index is 0.918. The highest BCUT2D eigenvalue weighted by Gasteiger charge is 2.07. The summed E-state index contributed by atoms with van der Waals surface area (Å²) in [6.07, 6.45) is 8.54. The third kappa shape index (κ3) is 2.77. The highest BCUT2D eigenvalue weighted by Crippen LogP contribution is 2.21. The molecule has 0 unspecified atom stereocenters. The van der Waals surface area contributed by atoms with Crippen LogP contribution in [0.3, 0.4) is 0 Å². The van der Waals surface area contributed by atoms with Gasteiger partial charge >= 0.3 is 0 Å². The number of allylic oxidation sites excluding steroid dienone is 4. The lowest BCUT2D eigenvalue weighted by Gasteiger charge is -2.03. The van der Waals surface area contributed by atoms with Gasteiger partial charge < -0.3 is 0 Å². The number of hydrogen-bond acceptors (Lipinski definition) is 3. The monoisotopic (exact) mass is 208 g/mol. The largest absolute Gasteiger partial charge is 0.220 e. The molecule has 1 aliphatic rings.